The van der Waals surface area contributed by atoms with Crippen molar-refractivity contribution in [3.8, 4) is 0 Å². The lowest BCUT2D eigenvalue weighted by molar-refractivity contribution is -0.171. The summed E-state index contributed by atoms with van der Waals surface area (Å²) in [4.78, 5) is 16.2. The fourth-order valence-corrected chi connectivity index (χ4v) is 0.977. The Balaban J connectivity index is 4.10. The van der Waals surface area contributed by atoms with Crippen molar-refractivity contribution in [3.63, 3.8) is 0 Å². The van der Waals surface area contributed by atoms with Gasteiger partial charge in [-0.05, 0) is 6.42 Å². The van der Waals surface area contributed by atoms with Crippen molar-refractivity contribution in [2.75, 3.05) is 14.2 Å². The molecule has 0 bridgehead atoms. The molecule has 0 N–H and O–H groups in total. The first-order valence-corrected chi connectivity index (χ1v) is 4.11. The highest BCUT2D eigenvalue weighted by molar-refractivity contribution is 5.79. The van der Waals surface area contributed by atoms with Crippen LogP contribution in [-0.2, 0) is 9.63 Å². The summed E-state index contributed by atoms with van der Waals surface area (Å²) in [5.74, 6) is -0.144. The first-order valence-electron chi connectivity index (χ1n) is 4.11. The monoisotopic (exact) mass is 171 g/mol. The Bertz CT molecular complexity index is 157. The third kappa shape index (κ3) is 3.05. The molecule has 0 saturated carbocycles. The normalized spacial score (nSPS) is 12.2. The molecule has 0 spiro atoms. The number of hydrogen-bond acceptors (Lipinski definition) is 2. The first kappa shape index (κ1) is 11.2. The first-order chi connectivity index (χ1) is 5.67. The Morgan fingerprint density at radius 1 is 1.75 bits per heavy atom. The minimum Gasteiger partial charge on any atom is -0.275 e. The van der Waals surface area contributed by atoms with E-state index < -0.39 is 0 Å². The van der Waals surface area contributed by atoms with Crippen LogP contribution in [0.3, 0.4) is 0 Å². The highest BCUT2D eigenvalue weighted by Crippen LogP contribution is 2.10. The molecule has 0 heterocycles. The largest absolute Gasteiger partial charge is 0.275 e. The van der Waals surface area contributed by atoms with E-state index in [0.717, 1.165) is 12.8 Å². The Hall–Kier alpha value is -0.830. The molecule has 0 aromatic heterocycles. The van der Waals surface area contributed by atoms with E-state index in [9.17, 15) is 4.79 Å². The number of hydrogen-bond donors (Lipinski definition) is 0. The van der Waals surface area contributed by atoms with Crippen molar-refractivity contribution in [1.29, 1.82) is 0 Å². The predicted molar refractivity (Wildman–Crippen MR) is 48.4 cm³/mol. The predicted octanol–water partition coefficient (Wildman–Crippen LogP) is 1.61. The summed E-state index contributed by atoms with van der Waals surface area (Å²) in [5, 5.41) is 1.24. The van der Waals surface area contributed by atoms with Crippen molar-refractivity contribution in [2.24, 2.45) is 5.92 Å². The SMILES string of the molecule is C=CC(CCC)C(=O)N(C)OC. The molecule has 70 valence electrons. The molecule has 0 radical (unpaired) electrons. The van der Waals surface area contributed by atoms with Crippen molar-refractivity contribution in [3.05, 3.63) is 12.7 Å². The van der Waals surface area contributed by atoms with Crippen LogP contribution in [0.5, 0.6) is 0 Å². The number of carbonyl (C=O) groups excluding carboxylic acids is 1. The average Bonchev–Trinajstić information content (AvgIpc) is 2.11. The summed E-state index contributed by atoms with van der Waals surface area (Å²) in [7, 11) is 3.08. The lowest BCUT2D eigenvalue weighted by Crippen LogP contribution is -2.31. The van der Waals surface area contributed by atoms with Crippen LogP contribution in [0.25, 0.3) is 0 Å². The maximum atomic E-state index is 11.4. The van der Waals surface area contributed by atoms with Gasteiger partial charge in [0.2, 0.25) is 0 Å². The summed E-state index contributed by atoms with van der Waals surface area (Å²) in [6.07, 6.45) is 3.47. The van der Waals surface area contributed by atoms with Gasteiger partial charge in [0.15, 0.2) is 0 Å². The second-order valence-corrected chi connectivity index (χ2v) is 2.65. The minimum atomic E-state index is -0.111. The molecule has 0 rings (SSSR count). The molecular formula is C9H17NO2. The van der Waals surface area contributed by atoms with Crippen LogP contribution >= 0.6 is 0 Å². The lowest BCUT2D eigenvalue weighted by Gasteiger charge is -2.18. The molecule has 0 saturated heterocycles. The van der Waals surface area contributed by atoms with Crippen LogP contribution in [-0.4, -0.2) is 25.1 Å². The molecular weight excluding hydrogens is 154 g/mol. The summed E-state index contributed by atoms with van der Waals surface area (Å²) < 4.78 is 0. The summed E-state index contributed by atoms with van der Waals surface area (Å²) in [6, 6.07) is 0. The van der Waals surface area contributed by atoms with Gasteiger partial charge in [0.05, 0.1) is 13.0 Å². The molecule has 0 fully saturated rings. The van der Waals surface area contributed by atoms with E-state index >= 15 is 0 Å². The third-order valence-electron chi connectivity index (χ3n) is 1.79. The third-order valence-corrected chi connectivity index (χ3v) is 1.79. The Morgan fingerprint density at radius 2 is 2.33 bits per heavy atom. The van der Waals surface area contributed by atoms with Crippen LogP contribution in [0.15, 0.2) is 12.7 Å². The molecule has 0 aliphatic heterocycles. The number of hydroxylamine groups is 2. The molecule has 12 heavy (non-hydrogen) atoms. The Labute approximate surface area is 74.0 Å². The summed E-state index contributed by atoms with van der Waals surface area (Å²) >= 11 is 0. The van der Waals surface area contributed by atoms with Gasteiger partial charge in [0.25, 0.3) is 5.91 Å². The van der Waals surface area contributed by atoms with Crippen molar-refractivity contribution in [1.82, 2.24) is 5.06 Å². The van der Waals surface area contributed by atoms with Gasteiger partial charge in [-0.1, -0.05) is 19.4 Å². The maximum absolute atomic E-state index is 11.4. The number of nitrogens with zero attached hydrogens (tertiary/aromatic N) is 1. The Kier molecular flexibility index (Phi) is 5.37. The Morgan fingerprint density at radius 3 is 2.67 bits per heavy atom. The zero-order valence-corrected chi connectivity index (χ0v) is 8.04. The topological polar surface area (TPSA) is 29.5 Å². The van der Waals surface area contributed by atoms with E-state index in [-0.39, 0.29) is 11.8 Å². The molecule has 0 aliphatic carbocycles. The molecule has 1 amide bonds. The van der Waals surface area contributed by atoms with E-state index in [1.165, 1.54) is 12.2 Å². The fraction of sp³-hybridized carbons (Fsp3) is 0.667. The molecule has 0 aromatic rings. The van der Waals surface area contributed by atoms with Crippen molar-refractivity contribution in [2.45, 2.75) is 19.8 Å². The smallest absolute Gasteiger partial charge is 0.252 e. The van der Waals surface area contributed by atoms with Gasteiger partial charge in [-0.2, -0.15) is 0 Å². The second-order valence-electron chi connectivity index (χ2n) is 2.65. The van der Waals surface area contributed by atoms with Crippen LogP contribution < -0.4 is 0 Å². The van der Waals surface area contributed by atoms with Crippen LogP contribution in [0.4, 0.5) is 0 Å². The fourth-order valence-electron chi connectivity index (χ4n) is 0.977. The lowest BCUT2D eigenvalue weighted by atomic mass is 10.0. The highest BCUT2D eigenvalue weighted by Gasteiger charge is 2.17. The van der Waals surface area contributed by atoms with Crippen LogP contribution in [0.2, 0.25) is 0 Å². The quantitative estimate of drug-likeness (QED) is 0.464. The van der Waals surface area contributed by atoms with Gasteiger partial charge in [-0.3, -0.25) is 9.63 Å². The molecule has 0 aromatic carbocycles. The van der Waals surface area contributed by atoms with Gasteiger partial charge in [-0.25, -0.2) is 5.06 Å². The van der Waals surface area contributed by atoms with Gasteiger partial charge >= 0.3 is 0 Å². The van der Waals surface area contributed by atoms with Gasteiger partial charge < -0.3 is 0 Å². The van der Waals surface area contributed by atoms with Crippen LogP contribution in [0.1, 0.15) is 19.8 Å². The van der Waals surface area contributed by atoms with Crippen molar-refractivity contribution < 1.29 is 9.63 Å². The molecule has 1 atom stereocenters. The second kappa shape index (κ2) is 5.77. The van der Waals surface area contributed by atoms with Gasteiger partial charge in [-0.15, -0.1) is 6.58 Å². The molecule has 3 nitrogen and oxygen atoms in total. The number of rotatable bonds is 5. The van der Waals surface area contributed by atoms with E-state index in [1.807, 2.05) is 6.92 Å². The molecule has 1 unspecified atom stereocenters. The standard InChI is InChI=1S/C9H17NO2/c1-5-7-8(6-2)9(11)10(3)12-4/h6,8H,2,5,7H2,1,3-4H3. The highest BCUT2D eigenvalue weighted by atomic mass is 16.7. The van der Waals surface area contributed by atoms with Crippen molar-refractivity contribution >= 4 is 5.91 Å². The maximum Gasteiger partial charge on any atom is 0.252 e. The van der Waals surface area contributed by atoms with E-state index in [1.54, 1.807) is 13.1 Å². The number of carbonyl (C=O) groups is 1. The van der Waals surface area contributed by atoms with E-state index in [4.69, 9.17) is 4.84 Å². The van der Waals surface area contributed by atoms with Gasteiger partial charge in [0, 0.05) is 7.05 Å². The number of amides is 1. The zero-order chi connectivity index (χ0) is 9.56. The van der Waals surface area contributed by atoms with E-state index in [2.05, 4.69) is 6.58 Å². The summed E-state index contributed by atoms with van der Waals surface area (Å²) in [5.41, 5.74) is 0. The van der Waals surface area contributed by atoms with Gasteiger partial charge in [0.1, 0.15) is 0 Å². The minimum absolute atomic E-state index is 0.0330. The summed E-state index contributed by atoms with van der Waals surface area (Å²) in [6.45, 7) is 5.65. The zero-order valence-electron chi connectivity index (χ0n) is 8.04. The molecule has 3 heteroatoms. The van der Waals surface area contributed by atoms with E-state index in [0.29, 0.717) is 0 Å². The average molecular weight is 171 g/mol. The molecule has 0 aliphatic rings. The van der Waals surface area contributed by atoms with Crippen LogP contribution in [0, 0.1) is 5.92 Å².